The summed E-state index contributed by atoms with van der Waals surface area (Å²) in [5.41, 5.74) is 5.39. The van der Waals surface area contributed by atoms with Crippen LogP contribution in [0, 0.1) is 5.92 Å². The van der Waals surface area contributed by atoms with Crippen molar-refractivity contribution in [3.63, 3.8) is 0 Å². The van der Waals surface area contributed by atoms with Gasteiger partial charge in [-0.15, -0.1) is 12.4 Å². The Bertz CT molecular complexity index is 198. The van der Waals surface area contributed by atoms with Gasteiger partial charge in [-0.1, -0.05) is 13.3 Å². The van der Waals surface area contributed by atoms with E-state index >= 15 is 0 Å². The number of carbonyl (C=O) groups excluding carboxylic acids is 1. The Hall–Kier alpha value is -0.320. The molecule has 1 aliphatic rings. The van der Waals surface area contributed by atoms with Crippen LogP contribution in [0.15, 0.2) is 0 Å². The molecular formula is C10H21ClN2O2. The van der Waals surface area contributed by atoms with Gasteiger partial charge in [0.2, 0.25) is 0 Å². The number of nitrogens with one attached hydrogen (secondary N) is 1. The SMILES string of the molecule is CCCC1CC1NC(=O)C(CN)OC.Cl. The zero-order valence-corrected chi connectivity index (χ0v) is 10.2. The van der Waals surface area contributed by atoms with Crippen LogP contribution in [0.1, 0.15) is 26.2 Å². The Morgan fingerprint density at radius 2 is 2.33 bits per heavy atom. The van der Waals surface area contributed by atoms with Crippen molar-refractivity contribution in [2.45, 2.75) is 38.3 Å². The normalized spacial score (nSPS) is 25.3. The first-order valence-electron chi connectivity index (χ1n) is 5.26. The highest BCUT2D eigenvalue weighted by Crippen LogP contribution is 2.34. The fourth-order valence-electron chi connectivity index (χ4n) is 1.70. The number of halogens is 1. The van der Waals surface area contributed by atoms with E-state index in [9.17, 15) is 4.79 Å². The van der Waals surface area contributed by atoms with Gasteiger partial charge in [0, 0.05) is 19.7 Å². The maximum atomic E-state index is 11.5. The van der Waals surface area contributed by atoms with Crippen molar-refractivity contribution in [3.05, 3.63) is 0 Å². The zero-order chi connectivity index (χ0) is 10.6. The molecule has 1 amide bonds. The van der Waals surface area contributed by atoms with Crippen molar-refractivity contribution < 1.29 is 9.53 Å². The molecule has 3 unspecified atom stereocenters. The predicted octanol–water partition coefficient (Wildman–Crippen LogP) is 0.687. The second-order valence-corrected chi connectivity index (χ2v) is 3.86. The molecule has 1 fully saturated rings. The van der Waals surface area contributed by atoms with E-state index in [4.69, 9.17) is 10.5 Å². The van der Waals surface area contributed by atoms with Gasteiger partial charge in [0.1, 0.15) is 6.10 Å². The van der Waals surface area contributed by atoms with Crippen molar-refractivity contribution in [2.24, 2.45) is 11.7 Å². The van der Waals surface area contributed by atoms with Crippen LogP contribution in [0.3, 0.4) is 0 Å². The summed E-state index contributed by atoms with van der Waals surface area (Å²) in [4.78, 5) is 11.5. The minimum Gasteiger partial charge on any atom is -0.370 e. The van der Waals surface area contributed by atoms with Gasteiger partial charge < -0.3 is 15.8 Å². The summed E-state index contributed by atoms with van der Waals surface area (Å²) in [5.74, 6) is 0.609. The number of ether oxygens (including phenoxy) is 1. The van der Waals surface area contributed by atoms with Gasteiger partial charge in [-0.3, -0.25) is 4.79 Å². The van der Waals surface area contributed by atoms with E-state index in [1.54, 1.807) is 0 Å². The fraction of sp³-hybridized carbons (Fsp3) is 0.900. The largest absolute Gasteiger partial charge is 0.370 e. The van der Waals surface area contributed by atoms with E-state index in [0.717, 1.165) is 6.42 Å². The third-order valence-corrected chi connectivity index (χ3v) is 2.70. The van der Waals surface area contributed by atoms with E-state index in [-0.39, 0.29) is 24.9 Å². The molecule has 0 heterocycles. The van der Waals surface area contributed by atoms with Gasteiger partial charge in [-0.05, 0) is 18.8 Å². The third kappa shape index (κ3) is 4.36. The minimum absolute atomic E-state index is 0. The van der Waals surface area contributed by atoms with Gasteiger partial charge >= 0.3 is 0 Å². The van der Waals surface area contributed by atoms with Crippen LogP contribution in [0.25, 0.3) is 0 Å². The molecule has 15 heavy (non-hydrogen) atoms. The lowest BCUT2D eigenvalue weighted by Crippen LogP contribution is -2.41. The monoisotopic (exact) mass is 236 g/mol. The molecule has 0 aromatic heterocycles. The molecule has 1 saturated carbocycles. The molecule has 0 spiro atoms. The molecule has 4 nitrogen and oxygen atoms in total. The van der Waals surface area contributed by atoms with E-state index in [1.165, 1.54) is 20.0 Å². The topological polar surface area (TPSA) is 64.4 Å². The maximum Gasteiger partial charge on any atom is 0.250 e. The van der Waals surface area contributed by atoms with Crippen LogP contribution in [0.4, 0.5) is 0 Å². The third-order valence-electron chi connectivity index (χ3n) is 2.70. The van der Waals surface area contributed by atoms with Crippen LogP contribution in [0.2, 0.25) is 0 Å². The number of carbonyl (C=O) groups is 1. The predicted molar refractivity (Wildman–Crippen MR) is 62.0 cm³/mol. The quantitative estimate of drug-likeness (QED) is 0.713. The molecule has 0 aromatic rings. The van der Waals surface area contributed by atoms with Gasteiger partial charge in [0.05, 0.1) is 0 Å². The lowest BCUT2D eigenvalue weighted by molar-refractivity contribution is -0.130. The summed E-state index contributed by atoms with van der Waals surface area (Å²) < 4.78 is 4.95. The van der Waals surface area contributed by atoms with Crippen LogP contribution in [-0.4, -0.2) is 31.7 Å². The molecular weight excluding hydrogens is 216 g/mol. The Morgan fingerprint density at radius 3 is 2.80 bits per heavy atom. The van der Waals surface area contributed by atoms with Crippen molar-refractivity contribution in [1.82, 2.24) is 5.32 Å². The Morgan fingerprint density at radius 1 is 1.67 bits per heavy atom. The molecule has 0 bridgehead atoms. The second-order valence-electron chi connectivity index (χ2n) is 3.86. The molecule has 0 aliphatic heterocycles. The molecule has 3 atom stereocenters. The first kappa shape index (κ1) is 14.7. The Kier molecular flexibility index (Phi) is 6.89. The van der Waals surface area contributed by atoms with Gasteiger partial charge in [0.15, 0.2) is 0 Å². The first-order chi connectivity index (χ1) is 6.72. The highest BCUT2D eigenvalue weighted by molar-refractivity contribution is 5.85. The van der Waals surface area contributed by atoms with Crippen LogP contribution in [0.5, 0.6) is 0 Å². The molecule has 1 aliphatic carbocycles. The number of nitrogens with two attached hydrogens (primary N) is 1. The van der Waals surface area contributed by atoms with Crippen LogP contribution >= 0.6 is 12.4 Å². The Balaban J connectivity index is 0.00000196. The summed E-state index contributed by atoms with van der Waals surface area (Å²) in [5, 5.41) is 2.95. The average Bonchev–Trinajstić information content (AvgIpc) is 2.86. The molecule has 90 valence electrons. The fourth-order valence-corrected chi connectivity index (χ4v) is 1.70. The van der Waals surface area contributed by atoms with Gasteiger partial charge in [-0.25, -0.2) is 0 Å². The summed E-state index contributed by atoms with van der Waals surface area (Å²) in [6.45, 7) is 2.41. The summed E-state index contributed by atoms with van der Waals surface area (Å²) in [7, 11) is 1.51. The molecule has 3 N–H and O–H groups in total. The maximum absolute atomic E-state index is 11.5. The lowest BCUT2D eigenvalue weighted by atomic mass is 10.2. The number of amides is 1. The number of hydrogen-bond donors (Lipinski definition) is 2. The van der Waals surface area contributed by atoms with Crippen molar-refractivity contribution in [2.75, 3.05) is 13.7 Å². The number of methoxy groups -OCH3 is 1. The first-order valence-corrected chi connectivity index (χ1v) is 5.26. The lowest BCUT2D eigenvalue weighted by Gasteiger charge is -2.12. The minimum atomic E-state index is -0.488. The van der Waals surface area contributed by atoms with E-state index in [0.29, 0.717) is 12.0 Å². The van der Waals surface area contributed by atoms with E-state index < -0.39 is 6.10 Å². The molecule has 0 saturated heterocycles. The number of hydrogen-bond acceptors (Lipinski definition) is 3. The summed E-state index contributed by atoms with van der Waals surface area (Å²) in [6, 6.07) is 0.367. The van der Waals surface area contributed by atoms with Crippen LogP contribution < -0.4 is 11.1 Å². The van der Waals surface area contributed by atoms with E-state index in [2.05, 4.69) is 12.2 Å². The molecule has 5 heteroatoms. The van der Waals surface area contributed by atoms with Gasteiger partial charge in [-0.2, -0.15) is 0 Å². The highest BCUT2D eigenvalue weighted by atomic mass is 35.5. The molecule has 1 rings (SSSR count). The highest BCUT2D eigenvalue weighted by Gasteiger charge is 2.38. The summed E-state index contributed by atoms with van der Waals surface area (Å²) in [6.07, 6.45) is 3.01. The zero-order valence-electron chi connectivity index (χ0n) is 9.36. The summed E-state index contributed by atoms with van der Waals surface area (Å²) >= 11 is 0. The number of rotatable bonds is 6. The van der Waals surface area contributed by atoms with E-state index in [1.807, 2.05) is 0 Å². The molecule has 0 radical (unpaired) electrons. The van der Waals surface area contributed by atoms with Crippen LogP contribution in [-0.2, 0) is 9.53 Å². The van der Waals surface area contributed by atoms with Crippen molar-refractivity contribution >= 4 is 18.3 Å². The van der Waals surface area contributed by atoms with Gasteiger partial charge in [0.25, 0.3) is 5.91 Å². The average molecular weight is 237 g/mol. The Labute approximate surface area is 97.3 Å². The standard InChI is InChI=1S/C10H20N2O2.ClH/c1-3-4-7-5-8(7)12-10(13)9(6-11)14-2;/h7-9H,3-6,11H2,1-2H3,(H,12,13);1H. The van der Waals surface area contributed by atoms with Crippen molar-refractivity contribution in [3.8, 4) is 0 Å². The molecule has 0 aromatic carbocycles. The smallest absolute Gasteiger partial charge is 0.250 e. The second kappa shape index (κ2) is 7.04. The van der Waals surface area contributed by atoms with Crippen molar-refractivity contribution in [1.29, 1.82) is 0 Å².